The van der Waals surface area contributed by atoms with E-state index in [0.29, 0.717) is 0 Å². The van der Waals surface area contributed by atoms with Crippen LogP contribution in [0.15, 0.2) is 55.6 Å². The molecule has 18 heteroatoms. The number of aryl methyl sites for hydroxylation is 3. The molecule has 0 saturated carbocycles. The summed E-state index contributed by atoms with van der Waals surface area (Å²) in [6.07, 6.45) is 12.6. The topological polar surface area (TPSA) is 17.6 Å². The molecule has 0 N–H and O–H groups in total. The summed E-state index contributed by atoms with van der Waals surface area (Å²) in [5.41, 5.74) is 4.01. The molecule has 0 aliphatic carbocycles. The van der Waals surface area contributed by atoms with Crippen molar-refractivity contribution in [2.45, 2.75) is 20.0 Å². The van der Waals surface area contributed by atoms with Gasteiger partial charge in [-0.05, 0) is 24.1 Å². The van der Waals surface area contributed by atoms with Crippen molar-refractivity contribution in [1.29, 1.82) is 0 Å². The van der Waals surface area contributed by atoms with Crippen LogP contribution in [0.1, 0.15) is 16.7 Å². The summed E-state index contributed by atoms with van der Waals surface area (Å²) in [6, 6.07) is 6.82. The zero-order valence-corrected chi connectivity index (χ0v) is 20.1. The number of imidazole rings is 2. The molecular formula is C17H22F12N4P2. The number of hydrogen-bond donors (Lipinski definition) is 0. The zero-order chi connectivity index (χ0) is 27.6. The van der Waals surface area contributed by atoms with Gasteiger partial charge in [0.1, 0.15) is 37.9 Å². The number of aromatic nitrogens is 4. The van der Waals surface area contributed by atoms with E-state index in [0.717, 1.165) is 13.1 Å². The second-order valence-electron chi connectivity index (χ2n) is 7.75. The first kappa shape index (κ1) is 30.7. The summed E-state index contributed by atoms with van der Waals surface area (Å²) in [4.78, 5) is 0. The molecule has 2 heterocycles. The fourth-order valence-electron chi connectivity index (χ4n) is 2.74. The minimum absolute atomic E-state index is 0.912. The fraction of sp³-hybridized carbons (Fsp3) is 0.294. The van der Waals surface area contributed by atoms with Crippen LogP contribution in [-0.2, 0) is 27.2 Å². The minimum atomic E-state index is -10.7. The van der Waals surface area contributed by atoms with Gasteiger partial charge in [-0.1, -0.05) is 17.7 Å². The molecule has 4 nitrogen and oxygen atoms in total. The third-order valence-corrected chi connectivity index (χ3v) is 3.57. The van der Waals surface area contributed by atoms with Crippen molar-refractivity contribution in [3.05, 3.63) is 72.3 Å². The maximum atomic E-state index is 9.87. The molecule has 0 amide bonds. The molecule has 0 bridgehead atoms. The molecule has 1 aromatic carbocycles. The van der Waals surface area contributed by atoms with Crippen LogP contribution in [0.5, 0.6) is 0 Å². The third-order valence-electron chi connectivity index (χ3n) is 3.57. The third kappa shape index (κ3) is 21.9. The summed E-state index contributed by atoms with van der Waals surface area (Å²) in [7, 11) is -17.2. The SMILES string of the molecule is Cc1cc(Cn2cc[n+](C)c2)cc(Cn2cc[n+](C)c2)c1.F[P-](F)(F)(F)(F)F.F[P-](F)(F)(F)(F)F. The van der Waals surface area contributed by atoms with Gasteiger partial charge in [-0.2, -0.15) is 0 Å². The average Bonchev–Trinajstić information content (AvgIpc) is 3.08. The number of hydrogen-bond acceptors (Lipinski definition) is 0. The van der Waals surface area contributed by atoms with Crippen molar-refractivity contribution in [3.63, 3.8) is 0 Å². The van der Waals surface area contributed by atoms with Crippen LogP contribution in [-0.4, -0.2) is 9.13 Å². The Morgan fingerprint density at radius 3 is 1.11 bits per heavy atom. The van der Waals surface area contributed by atoms with Crippen LogP contribution in [0.2, 0.25) is 0 Å². The standard InChI is InChI=1S/C17H22N4.2F6P/c1-15-8-16(11-20-6-4-18(2)13-20)10-17(9-15)12-21-7-5-19(3)14-21;2*1-7(2,3,4,5)6/h4-10,13-14H,11-12H2,1-3H3;;/q+2;2*-1. The molecule has 0 fully saturated rings. The van der Waals surface area contributed by atoms with Gasteiger partial charge in [0.15, 0.2) is 0 Å². The van der Waals surface area contributed by atoms with E-state index in [9.17, 15) is 50.4 Å². The van der Waals surface area contributed by atoms with Crippen molar-refractivity contribution in [3.8, 4) is 0 Å². The molecule has 0 aliphatic rings. The first-order chi connectivity index (χ1) is 15.0. The monoisotopic (exact) mass is 572 g/mol. The number of halogens is 12. The fourth-order valence-corrected chi connectivity index (χ4v) is 2.74. The van der Waals surface area contributed by atoms with E-state index >= 15 is 0 Å². The van der Waals surface area contributed by atoms with Gasteiger partial charge in [0.05, 0.1) is 14.1 Å². The second kappa shape index (κ2) is 8.36. The van der Waals surface area contributed by atoms with Crippen LogP contribution in [0, 0.1) is 6.92 Å². The molecule has 0 aliphatic heterocycles. The van der Waals surface area contributed by atoms with Gasteiger partial charge < -0.3 is 0 Å². The molecule has 2 aromatic heterocycles. The van der Waals surface area contributed by atoms with E-state index in [2.05, 4.69) is 80.8 Å². The Bertz CT molecular complexity index is 1050. The summed E-state index contributed by atoms with van der Waals surface area (Å²) in [5, 5.41) is 0. The average molecular weight is 572 g/mol. The maximum absolute atomic E-state index is 10.7. The molecule has 0 saturated heterocycles. The second-order valence-corrected chi connectivity index (χ2v) is 11.6. The van der Waals surface area contributed by atoms with Crippen LogP contribution >= 0.6 is 15.6 Å². The first-order valence-corrected chi connectivity index (χ1v) is 13.3. The quantitative estimate of drug-likeness (QED) is 0.171. The van der Waals surface area contributed by atoms with Crippen LogP contribution in [0.25, 0.3) is 0 Å². The Labute approximate surface area is 191 Å². The van der Waals surface area contributed by atoms with E-state index in [-0.39, 0.29) is 0 Å². The van der Waals surface area contributed by atoms with Crippen molar-refractivity contribution >= 4 is 15.6 Å². The Hall–Kier alpha value is -2.34. The Morgan fingerprint density at radius 1 is 0.600 bits per heavy atom. The molecule has 0 spiro atoms. The first-order valence-electron chi connectivity index (χ1n) is 9.23. The van der Waals surface area contributed by atoms with E-state index < -0.39 is 15.6 Å². The zero-order valence-electron chi connectivity index (χ0n) is 18.3. The van der Waals surface area contributed by atoms with Gasteiger partial charge in [-0.3, -0.25) is 0 Å². The van der Waals surface area contributed by atoms with Gasteiger partial charge in [0, 0.05) is 0 Å². The van der Waals surface area contributed by atoms with Gasteiger partial charge in [-0.15, -0.1) is 0 Å². The van der Waals surface area contributed by atoms with Crippen LogP contribution < -0.4 is 9.13 Å². The summed E-state index contributed by atoms with van der Waals surface area (Å²) >= 11 is 0. The van der Waals surface area contributed by atoms with Crippen molar-refractivity contribution in [2.24, 2.45) is 14.1 Å². The molecule has 0 radical (unpaired) electrons. The van der Waals surface area contributed by atoms with Crippen molar-refractivity contribution < 1.29 is 59.5 Å². The molecule has 3 rings (SSSR count). The van der Waals surface area contributed by atoms with Crippen LogP contribution in [0.3, 0.4) is 0 Å². The number of nitrogens with zero attached hydrogens (tertiary/aromatic N) is 4. The summed E-state index contributed by atoms with van der Waals surface area (Å²) in [5.74, 6) is 0. The molecule has 35 heavy (non-hydrogen) atoms. The van der Waals surface area contributed by atoms with E-state index in [4.69, 9.17) is 0 Å². The van der Waals surface area contributed by atoms with Gasteiger partial charge in [0.25, 0.3) is 0 Å². The summed E-state index contributed by atoms with van der Waals surface area (Å²) < 4.78 is 127. The molecule has 0 unspecified atom stereocenters. The Kier molecular flexibility index (Phi) is 7.33. The van der Waals surface area contributed by atoms with E-state index in [1.807, 2.05) is 14.1 Å². The van der Waals surface area contributed by atoms with Crippen molar-refractivity contribution in [2.75, 3.05) is 0 Å². The predicted molar refractivity (Wildman–Crippen MR) is 108 cm³/mol. The van der Waals surface area contributed by atoms with Gasteiger partial charge >= 0.3 is 66.0 Å². The molecular weight excluding hydrogens is 550 g/mol. The van der Waals surface area contributed by atoms with Gasteiger partial charge in [0.2, 0.25) is 12.7 Å². The molecule has 204 valence electrons. The van der Waals surface area contributed by atoms with E-state index in [1.165, 1.54) is 16.7 Å². The normalized spacial score (nSPS) is 15.9. The van der Waals surface area contributed by atoms with Gasteiger partial charge in [-0.25, -0.2) is 18.3 Å². The Balaban J connectivity index is 0.000000362. The van der Waals surface area contributed by atoms with Crippen molar-refractivity contribution in [1.82, 2.24) is 9.13 Å². The number of rotatable bonds is 4. The number of benzene rings is 1. The van der Waals surface area contributed by atoms with Crippen LogP contribution in [0.4, 0.5) is 50.4 Å². The molecule has 0 atom stereocenters. The van der Waals surface area contributed by atoms with E-state index in [1.54, 1.807) is 0 Å². The molecule has 3 aromatic rings. The Morgan fingerprint density at radius 2 is 0.886 bits per heavy atom. The predicted octanol–water partition coefficient (Wildman–Crippen LogP) is 8.11. The summed E-state index contributed by atoms with van der Waals surface area (Å²) in [6.45, 7) is 3.99.